The summed E-state index contributed by atoms with van der Waals surface area (Å²) in [6.45, 7) is 9.41. The third-order valence-corrected chi connectivity index (χ3v) is 14.8. The van der Waals surface area contributed by atoms with E-state index in [0.29, 0.717) is 49.3 Å². The Morgan fingerprint density at radius 2 is 1.68 bits per heavy atom. The van der Waals surface area contributed by atoms with Crippen LogP contribution in [0.15, 0.2) is 66.2 Å². The van der Waals surface area contributed by atoms with Gasteiger partial charge in [0.05, 0.1) is 46.0 Å². The number of likely N-dealkylation sites (tertiary alicyclic amines) is 1. The van der Waals surface area contributed by atoms with Gasteiger partial charge in [-0.25, -0.2) is 4.98 Å². The molecule has 3 aliphatic rings. The maximum atomic E-state index is 14.2. The molecule has 7 atom stereocenters. The fourth-order valence-corrected chi connectivity index (χ4v) is 10.8. The molecule has 6 amide bonds. The van der Waals surface area contributed by atoms with Crippen molar-refractivity contribution in [1.82, 2.24) is 25.8 Å². The molecule has 3 aromatic carbocycles. The van der Waals surface area contributed by atoms with Crippen LogP contribution in [0, 0.1) is 12.3 Å². The molecule has 1 aromatic heterocycles. The van der Waals surface area contributed by atoms with E-state index in [-0.39, 0.29) is 80.9 Å². The first kappa shape index (κ1) is 55.7. The second-order valence-corrected chi connectivity index (χ2v) is 21.5. The minimum absolute atomic E-state index is 0. The summed E-state index contributed by atoms with van der Waals surface area (Å²) in [6.07, 6.45) is 3.70. The van der Waals surface area contributed by atoms with Crippen LogP contribution in [0.2, 0.25) is 5.02 Å². The van der Waals surface area contributed by atoms with Crippen molar-refractivity contribution in [3.8, 4) is 16.2 Å². The number of hydrogen-bond acceptors (Lipinski definition) is 11. The molecule has 1 fully saturated rings. The van der Waals surface area contributed by atoms with E-state index in [4.69, 9.17) is 27.8 Å². The number of ether oxygens (including phenoxy) is 1. The van der Waals surface area contributed by atoms with Crippen molar-refractivity contribution >= 4 is 76.5 Å². The smallest absolute Gasteiger partial charge is 0.246 e. The Hall–Kier alpha value is -5.59. The normalized spacial score (nSPS) is 19.6. The summed E-state index contributed by atoms with van der Waals surface area (Å²) >= 11 is 8.10. The fourth-order valence-electron chi connectivity index (χ4n) is 9.76. The summed E-state index contributed by atoms with van der Waals surface area (Å²) in [4.78, 5) is 88.9. The van der Waals surface area contributed by atoms with Gasteiger partial charge in [0.2, 0.25) is 35.4 Å². The number of amides is 6. The molecule has 0 saturated carbocycles. The zero-order chi connectivity index (χ0) is 51.1. The minimum Gasteiger partial charge on any atom is -0.491 e. The molecular weight excluding hydrogens is 980 g/mol. The number of carbonyl (C=O) groups is 6. The van der Waals surface area contributed by atoms with Gasteiger partial charge in [-0.15, -0.1) is 23.7 Å². The van der Waals surface area contributed by atoms with Crippen molar-refractivity contribution in [2.45, 2.75) is 148 Å². The molecule has 0 aliphatic carbocycles. The number of primary amides is 1. The first-order chi connectivity index (χ1) is 33.8. The van der Waals surface area contributed by atoms with Gasteiger partial charge in [0.15, 0.2) is 0 Å². The van der Waals surface area contributed by atoms with Gasteiger partial charge in [0.1, 0.15) is 30.5 Å². The van der Waals surface area contributed by atoms with Crippen LogP contribution in [-0.2, 0) is 48.0 Å². The number of unbranched alkanes of at least 4 members (excludes halogenated alkanes) is 2. The Bertz CT molecular complexity index is 2610. The number of anilines is 1. The number of aliphatic hydroxyl groups excluding tert-OH is 1. The van der Waals surface area contributed by atoms with E-state index < -0.39 is 53.5 Å². The number of thiazole rings is 1. The summed E-state index contributed by atoms with van der Waals surface area (Å²) in [5.74, 6) is -1.79. The van der Waals surface area contributed by atoms with Crippen molar-refractivity contribution in [1.29, 1.82) is 0 Å². The van der Waals surface area contributed by atoms with Crippen LogP contribution in [0.5, 0.6) is 5.75 Å². The summed E-state index contributed by atoms with van der Waals surface area (Å²) in [5, 5.41) is 20.2. The first-order valence-corrected chi connectivity index (χ1v) is 25.8. The topological polar surface area (TPSA) is 239 Å². The molecule has 388 valence electrons. The third-order valence-electron chi connectivity index (χ3n) is 13.6. The molecule has 72 heavy (non-hydrogen) atoms. The molecule has 3 aliphatic heterocycles. The number of nitrogens with one attached hydrogen (secondary N) is 3. The minimum atomic E-state index is -0.935. The summed E-state index contributed by atoms with van der Waals surface area (Å²) in [5.41, 5.74) is 19.3. The van der Waals surface area contributed by atoms with Crippen LogP contribution in [0.3, 0.4) is 0 Å². The number of halogens is 2. The molecule has 16 nitrogen and oxygen atoms in total. The first-order valence-electron chi connectivity index (χ1n) is 24.6. The summed E-state index contributed by atoms with van der Waals surface area (Å²) in [7, 11) is 0. The highest BCUT2D eigenvalue weighted by molar-refractivity contribution is 7.13. The number of aliphatic hydroxyl groups is 1. The summed E-state index contributed by atoms with van der Waals surface area (Å²) < 4.78 is 6.17. The third kappa shape index (κ3) is 13.7. The predicted molar refractivity (Wildman–Crippen MR) is 281 cm³/mol. The lowest BCUT2D eigenvalue weighted by Gasteiger charge is -2.35. The standard InChI is InChI=1S/C53H67ClN8O8S.ClH/c1-30(33-14-16-35(17-15-33)47-31(2)57-29-71-47)58-49(66)42-26-39(63)27-61(42)52(69)48(53(3,4)5)60-45(65)13-8-6-7-10-32-22-37(54)25-40(23-32)70-28-38(19-21-44(56)64)59-50(67)43-24-36-12-9-11-34-18-20-41(55)51(68)62(43)46(34)36;/h9,11-12,14-17,22-23,25,29-30,38-39,41-43,48,63H,6-8,10,13,18-21,24,26-28,55H2,1-5H3,(H2,56,64)(H,58,66)(H,59,67)(H,60,65);1H/t30-,38-,39+,41-,42-,43-,48+;/m0./s1. The number of carbonyl (C=O) groups excluding carboxylic acids is 6. The molecule has 4 heterocycles. The number of para-hydroxylation sites is 1. The second kappa shape index (κ2) is 24.4. The molecule has 4 aromatic rings. The second-order valence-electron chi connectivity index (χ2n) is 20.3. The maximum Gasteiger partial charge on any atom is 0.246 e. The van der Waals surface area contributed by atoms with E-state index in [1.165, 1.54) is 9.80 Å². The maximum absolute atomic E-state index is 14.2. The molecule has 7 rings (SSSR count). The number of β-amino-alcohol motifs (C(OH)–C–C–N with tert-alkyl or cyclic N) is 1. The van der Waals surface area contributed by atoms with E-state index >= 15 is 0 Å². The average Bonchev–Trinajstić information content (AvgIpc) is 4.04. The van der Waals surface area contributed by atoms with Crippen molar-refractivity contribution < 1.29 is 38.6 Å². The Labute approximate surface area is 436 Å². The van der Waals surface area contributed by atoms with E-state index in [2.05, 4.69) is 20.9 Å². The van der Waals surface area contributed by atoms with E-state index in [1.807, 2.05) is 94.7 Å². The SMILES string of the molecule is Cc1ncsc1-c1ccc([C@H](C)NC(=O)[C@@H]2C[C@@H](O)CN2C(=O)[C@@H](NC(=O)CCCCCc2cc(Cl)cc(OC[C@H](CCC(N)=O)NC(=O)[C@@H]3Cc4cccc5c4N3C(=O)[C@@H](N)CC5)c2)C(C)(C)C)cc1.Cl. The van der Waals surface area contributed by atoms with Crippen LogP contribution < -0.4 is 37.1 Å². The number of benzene rings is 3. The van der Waals surface area contributed by atoms with Crippen LogP contribution in [0.25, 0.3) is 10.4 Å². The van der Waals surface area contributed by atoms with Gasteiger partial charge in [0.25, 0.3) is 0 Å². The van der Waals surface area contributed by atoms with E-state index in [9.17, 15) is 33.9 Å². The fraction of sp³-hybridized carbons (Fsp3) is 0.491. The van der Waals surface area contributed by atoms with Crippen LogP contribution in [0.4, 0.5) is 5.69 Å². The van der Waals surface area contributed by atoms with Gasteiger partial charge in [0, 0.05) is 37.3 Å². The average molecular weight is 1050 g/mol. The molecule has 0 spiro atoms. The molecule has 0 bridgehead atoms. The molecule has 8 N–H and O–H groups in total. The molecule has 0 unspecified atom stereocenters. The highest BCUT2D eigenvalue weighted by atomic mass is 35.5. The molecular formula is C53H68Cl2N8O8S. The van der Waals surface area contributed by atoms with Crippen molar-refractivity contribution in [3.63, 3.8) is 0 Å². The van der Waals surface area contributed by atoms with Gasteiger partial charge in [-0.2, -0.15) is 0 Å². The lowest BCUT2D eigenvalue weighted by Crippen LogP contribution is -2.57. The number of nitrogens with two attached hydrogens (primary N) is 2. The Morgan fingerprint density at radius 3 is 2.38 bits per heavy atom. The number of hydrogen-bond donors (Lipinski definition) is 6. The lowest BCUT2D eigenvalue weighted by molar-refractivity contribution is -0.144. The monoisotopic (exact) mass is 1050 g/mol. The largest absolute Gasteiger partial charge is 0.491 e. The van der Waals surface area contributed by atoms with E-state index in [0.717, 1.165) is 50.5 Å². The van der Waals surface area contributed by atoms with Crippen LogP contribution >= 0.6 is 35.3 Å². The van der Waals surface area contributed by atoms with Crippen LogP contribution in [-0.4, -0.2) is 99.9 Å². The van der Waals surface area contributed by atoms with Crippen molar-refractivity contribution in [2.24, 2.45) is 16.9 Å². The zero-order valence-corrected chi connectivity index (χ0v) is 44.0. The number of aromatic nitrogens is 1. The van der Waals surface area contributed by atoms with Crippen LogP contribution in [0.1, 0.15) is 113 Å². The number of rotatable bonds is 20. The van der Waals surface area contributed by atoms with E-state index in [1.54, 1.807) is 17.4 Å². The number of nitrogens with zero attached hydrogens (tertiary/aromatic N) is 3. The number of aryl methyl sites for hydroxylation is 3. The summed E-state index contributed by atoms with van der Waals surface area (Å²) in [6, 6.07) is 14.8. The Kier molecular flexibility index (Phi) is 18.9. The van der Waals surface area contributed by atoms with Crippen molar-refractivity contribution in [3.05, 3.63) is 99.1 Å². The zero-order valence-electron chi connectivity index (χ0n) is 41.6. The van der Waals surface area contributed by atoms with Gasteiger partial charge >= 0.3 is 0 Å². The lowest BCUT2D eigenvalue weighted by atomic mass is 9.85. The quantitative estimate of drug-likeness (QED) is 0.0562. The van der Waals surface area contributed by atoms with Gasteiger partial charge in [-0.05, 0) is 104 Å². The predicted octanol–water partition coefficient (Wildman–Crippen LogP) is 6.03. The van der Waals surface area contributed by atoms with Gasteiger partial charge in [-0.3, -0.25) is 33.7 Å². The van der Waals surface area contributed by atoms with Crippen molar-refractivity contribution in [2.75, 3.05) is 18.1 Å². The highest BCUT2D eigenvalue weighted by Gasteiger charge is 2.45. The Morgan fingerprint density at radius 1 is 0.958 bits per heavy atom. The Balaban J connectivity index is 0.00000847. The van der Waals surface area contributed by atoms with Gasteiger partial charge in [-0.1, -0.05) is 81.3 Å². The highest BCUT2D eigenvalue weighted by Crippen LogP contribution is 2.39. The molecule has 1 saturated heterocycles. The molecule has 0 radical (unpaired) electrons. The molecule has 19 heteroatoms. The van der Waals surface area contributed by atoms with Gasteiger partial charge < -0.3 is 42.2 Å².